The number of nitrogens with zero attached hydrogens (tertiary/aromatic N) is 12. The number of rotatable bonds is 24. The lowest BCUT2D eigenvalue weighted by Crippen LogP contribution is -2.43. The van der Waals surface area contributed by atoms with E-state index in [4.69, 9.17) is 38.6 Å². The van der Waals surface area contributed by atoms with Crippen molar-refractivity contribution >= 4 is 17.9 Å². The summed E-state index contributed by atoms with van der Waals surface area (Å²) in [5.74, 6) is -5.81. The second-order valence-corrected chi connectivity index (χ2v) is 38.3. The summed E-state index contributed by atoms with van der Waals surface area (Å²) in [6.45, 7) is 25.2. The summed E-state index contributed by atoms with van der Waals surface area (Å²) in [7, 11) is 0. The molecule has 8 aliphatic rings. The first-order valence-electron chi connectivity index (χ1n) is 48.2. The van der Waals surface area contributed by atoms with Gasteiger partial charge in [-0.25, -0.2) is 46.9 Å². The Kier molecular flexibility index (Phi) is 28.1. The molecule has 0 unspecified atom stereocenters. The van der Waals surface area contributed by atoms with E-state index < -0.39 is 29.8 Å². The molecular weight excluding hydrogens is 1730 g/mol. The first-order valence-corrected chi connectivity index (χ1v) is 48.2. The van der Waals surface area contributed by atoms with Gasteiger partial charge in [-0.1, -0.05) is 109 Å². The SMILES string of the molecule is Cc1cccc(-c2cccc(-c3c(C)c(C(=O)O)nn3C(C)C)n2)c1OCc1ccc2c(c1)CCN(C1CCC(F)(F)CC1)C2.Cc1cccc(-c2cccc(-c3c(C)c(C(=O)O)nn3C3CC3)n2)c1OCc1ccc2c(c1)CCN(C1CCC(F)(F)CC1)C2.Cc1cccc(-c2cccc(-c3c(C)c(C(=O)O)nn3C3CCOCC3)n2)c1OCc1ccc2c(c1)CCN(C1CCOCC1)C2. The van der Waals surface area contributed by atoms with Crippen LogP contribution in [0.5, 0.6) is 17.2 Å². The van der Waals surface area contributed by atoms with Crippen molar-refractivity contribution in [1.29, 1.82) is 0 Å². The lowest BCUT2D eigenvalue weighted by Gasteiger charge is -2.39. The summed E-state index contributed by atoms with van der Waals surface area (Å²) in [5, 5.41) is 42.6. The molecular formula is C109H120F4N12O11. The second kappa shape index (κ2) is 40.6. The number of hydrogen-bond acceptors (Lipinski definition) is 17. The topological polar surface area (TPSA) is 260 Å². The number of ether oxygens (including phenoxy) is 5. The number of carboxylic acid groups (broad SMARTS) is 3. The lowest BCUT2D eigenvalue weighted by molar-refractivity contribution is -0.0556. The van der Waals surface area contributed by atoms with Gasteiger partial charge in [0, 0.05) is 149 Å². The lowest BCUT2D eigenvalue weighted by atomic mass is 9.89. The average Bonchev–Trinajstić information content (AvgIpc) is 1.62. The molecule has 12 aromatic rings. The summed E-state index contributed by atoms with van der Waals surface area (Å²) in [5.41, 5.74) is 25.4. The Bertz CT molecular complexity index is 6160. The van der Waals surface area contributed by atoms with E-state index >= 15 is 0 Å². The summed E-state index contributed by atoms with van der Waals surface area (Å²) >= 11 is 0. The van der Waals surface area contributed by atoms with Crippen molar-refractivity contribution in [1.82, 2.24) is 59.0 Å². The van der Waals surface area contributed by atoms with Crippen LogP contribution in [0.25, 0.3) is 67.9 Å². The minimum Gasteiger partial charge on any atom is -0.488 e. The third-order valence-electron chi connectivity index (χ3n) is 28.6. The first kappa shape index (κ1) is 94.1. The van der Waals surface area contributed by atoms with Crippen molar-refractivity contribution < 1.29 is 70.9 Å². The van der Waals surface area contributed by atoms with E-state index in [1.165, 1.54) is 33.4 Å². The zero-order chi connectivity index (χ0) is 94.8. The van der Waals surface area contributed by atoms with Crippen LogP contribution in [-0.4, -0.2) is 168 Å². The Balaban J connectivity index is 0.000000136. The molecule has 710 valence electrons. The molecule has 6 aromatic heterocycles. The predicted octanol–water partition coefficient (Wildman–Crippen LogP) is 22.2. The Morgan fingerprint density at radius 1 is 0.375 bits per heavy atom. The number of aryl methyl sites for hydroxylation is 3. The van der Waals surface area contributed by atoms with Gasteiger partial charge >= 0.3 is 17.9 Å². The number of halogens is 4. The predicted molar refractivity (Wildman–Crippen MR) is 513 cm³/mol. The van der Waals surface area contributed by atoms with E-state index in [0.29, 0.717) is 104 Å². The fourth-order valence-electron chi connectivity index (χ4n) is 20.9. The summed E-state index contributed by atoms with van der Waals surface area (Å²) < 4.78 is 90.9. The molecule has 0 atom stereocenters. The minimum absolute atomic E-state index is 0.00547. The van der Waals surface area contributed by atoms with E-state index in [1.54, 1.807) is 18.5 Å². The highest BCUT2D eigenvalue weighted by atomic mass is 19.3. The molecule has 0 bridgehead atoms. The van der Waals surface area contributed by atoms with Crippen LogP contribution < -0.4 is 14.2 Å². The maximum Gasteiger partial charge on any atom is 0.356 e. The maximum atomic E-state index is 13.7. The Labute approximate surface area is 791 Å². The fraction of sp³-hybridized carbons (Fsp3) is 0.422. The van der Waals surface area contributed by atoms with Crippen molar-refractivity contribution in [3.63, 3.8) is 0 Å². The van der Waals surface area contributed by atoms with Crippen molar-refractivity contribution in [3.8, 4) is 85.2 Å². The number of benzene rings is 6. The van der Waals surface area contributed by atoms with Crippen LogP contribution >= 0.6 is 0 Å². The van der Waals surface area contributed by atoms with Crippen LogP contribution in [-0.2, 0) is 68.2 Å². The monoisotopic (exact) mass is 1850 g/mol. The molecule has 5 fully saturated rings. The number of pyridine rings is 3. The van der Waals surface area contributed by atoms with Gasteiger partial charge in [-0.2, -0.15) is 15.3 Å². The molecule has 20 rings (SSSR count). The molecule has 23 nitrogen and oxygen atoms in total. The van der Waals surface area contributed by atoms with Crippen LogP contribution in [0.2, 0.25) is 0 Å². The minimum atomic E-state index is -2.50. The third kappa shape index (κ3) is 20.8. The first-order chi connectivity index (χ1) is 65.6. The Hall–Kier alpha value is -12.3. The smallest absolute Gasteiger partial charge is 0.356 e. The van der Waals surface area contributed by atoms with Crippen molar-refractivity contribution in [2.75, 3.05) is 46.1 Å². The van der Waals surface area contributed by atoms with Crippen molar-refractivity contribution in [2.45, 2.75) is 252 Å². The number of hydrogen-bond donors (Lipinski definition) is 3. The van der Waals surface area contributed by atoms with Gasteiger partial charge in [0.25, 0.3) is 0 Å². The number of alkyl halides is 4. The van der Waals surface area contributed by atoms with E-state index in [1.807, 2.05) is 147 Å². The second-order valence-electron chi connectivity index (χ2n) is 38.3. The van der Waals surface area contributed by atoms with Gasteiger partial charge in [0.1, 0.15) is 37.1 Å². The zero-order valence-corrected chi connectivity index (χ0v) is 78.8. The highest BCUT2D eigenvalue weighted by Gasteiger charge is 2.41. The van der Waals surface area contributed by atoms with Crippen LogP contribution in [0.15, 0.2) is 164 Å². The summed E-state index contributed by atoms with van der Waals surface area (Å²) in [6.07, 6.45) is 10.9. The van der Waals surface area contributed by atoms with Gasteiger partial charge in [-0.3, -0.25) is 28.7 Å². The van der Waals surface area contributed by atoms with Crippen LogP contribution in [0.3, 0.4) is 0 Å². The molecule has 2 saturated heterocycles. The molecule has 0 amide bonds. The van der Waals surface area contributed by atoms with Gasteiger partial charge < -0.3 is 39.0 Å². The molecule has 3 aliphatic carbocycles. The van der Waals surface area contributed by atoms with Crippen LogP contribution in [0.1, 0.15) is 237 Å². The number of aromatic nitrogens is 9. The number of aromatic carboxylic acids is 3. The van der Waals surface area contributed by atoms with Gasteiger partial charge in [0.15, 0.2) is 17.1 Å². The summed E-state index contributed by atoms with van der Waals surface area (Å²) in [4.78, 5) is 58.2. The quantitative estimate of drug-likeness (QED) is 0.0475. The Morgan fingerprint density at radius 3 is 1.01 bits per heavy atom. The van der Waals surface area contributed by atoms with Crippen molar-refractivity contribution in [3.05, 3.63) is 264 Å². The van der Waals surface area contributed by atoms with Crippen LogP contribution in [0.4, 0.5) is 17.6 Å². The molecule has 11 heterocycles. The van der Waals surface area contributed by atoms with E-state index in [0.717, 1.165) is 206 Å². The number of carbonyl (C=O) groups is 3. The largest absolute Gasteiger partial charge is 0.488 e. The normalized spacial score (nSPS) is 17.8. The number of para-hydroxylation sites is 3. The number of fused-ring (bicyclic) bond motifs is 3. The average molecular weight is 1850 g/mol. The Morgan fingerprint density at radius 2 is 0.676 bits per heavy atom. The fourth-order valence-corrected chi connectivity index (χ4v) is 20.9. The molecule has 5 aliphatic heterocycles. The van der Waals surface area contributed by atoms with E-state index in [9.17, 15) is 47.3 Å². The van der Waals surface area contributed by atoms with Gasteiger partial charge in [0.2, 0.25) is 11.8 Å². The molecule has 136 heavy (non-hydrogen) atoms. The number of carboxylic acids is 3. The van der Waals surface area contributed by atoms with E-state index in [2.05, 4.69) is 97.6 Å². The molecule has 0 radical (unpaired) electrons. The molecule has 6 aromatic carbocycles. The van der Waals surface area contributed by atoms with Gasteiger partial charge in [-0.15, -0.1) is 0 Å². The third-order valence-corrected chi connectivity index (χ3v) is 28.6. The van der Waals surface area contributed by atoms with Crippen LogP contribution in [0, 0.1) is 41.5 Å². The maximum absolute atomic E-state index is 13.7. The summed E-state index contributed by atoms with van der Waals surface area (Å²) in [6, 6.07) is 56.6. The molecule has 27 heteroatoms. The molecule has 3 N–H and O–H groups in total. The molecule has 3 saturated carbocycles. The van der Waals surface area contributed by atoms with Crippen molar-refractivity contribution in [2.24, 2.45) is 0 Å². The van der Waals surface area contributed by atoms with Gasteiger partial charge in [0.05, 0.1) is 63.3 Å². The highest BCUT2D eigenvalue weighted by molar-refractivity contribution is 5.91. The van der Waals surface area contributed by atoms with E-state index in [-0.39, 0.29) is 73.0 Å². The molecule has 0 spiro atoms. The zero-order valence-electron chi connectivity index (χ0n) is 78.8. The highest BCUT2D eigenvalue weighted by Crippen LogP contribution is 2.46. The van der Waals surface area contributed by atoms with Gasteiger partial charge in [-0.05, 0) is 260 Å². The standard InChI is InChI=1S/C37H42N4O5.C36H38F2N4O3.C36H40F2N4O3/c1-24-5-3-6-31(36(24)46-23-26-9-10-28-22-40(16-11-27(28)21-26)29-12-17-44-18-13-29)32-7-4-8-33(38-32)35-25(2)34(37(42)43)39-41(35)30-14-19-45-20-15-30;1-22-5-3-6-29(30-7-4-8-31(39-30)33-23(2)32(35(43)44)40-42(33)28-11-12-28)34(22)45-21-24-9-10-26-20-41(18-15-25(26)19-24)27-13-16-36(37,38)17-14-27;1-22(2)42-33(24(4)32(40-42)35(43)44)31-10-6-9-30(39-31)29-8-5-7-23(3)34(29)45-21-25-11-12-27-20-41(18-15-26(27)19-25)28-13-16-36(37,38)17-14-28/h3-10,21,29-30H,11-20,22-23H2,1-2H3,(H,42,43);3-10,19,27-28H,11-18,20-21H2,1-2H3,(H,43,44);5-12,19,22,28H,13-18,20-21H2,1-4H3,(H,43,44).